The lowest BCUT2D eigenvalue weighted by molar-refractivity contribution is -0.911. The summed E-state index contributed by atoms with van der Waals surface area (Å²) in [6.07, 6.45) is 4.80. The van der Waals surface area contributed by atoms with Crippen LogP contribution in [-0.2, 0) is 0 Å². The molecule has 5 nitrogen and oxygen atoms in total. The van der Waals surface area contributed by atoms with Crippen molar-refractivity contribution in [1.29, 1.82) is 5.26 Å². The first-order chi connectivity index (χ1) is 13.2. The maximum atomic E-state index is 12.9. The van der Waals surface area contributed by atoms with Crippen molar-refractivity contribution in [1.82, 2.24) is 5.32 Å². The Labute approximate surface area is 160 Å². The summed E-state index contributed by atoms with van der Waals surface area (Å²) in [5, 5.41) is 14.2. The first kappa shape index (κ1) is 19.2. The van der Waals surface area contributed by atoms with E-state index in [0.717, 1.165) is 17.2 Å². The second-order valence-electron chi connectivity index (χ2n) is 7.22. The van der Waals surface area contributed by atoms with Crippen LogP contribution in [0.2, 0.25) is 0 Å². The number of nitriles is 1. The fourth-order valence-corrected chi connectivity index (χ4v) is 4.10. The molecule has 142 valence electrons. The van der Waals surface area contributed by atoms with Gasteiger partial charge in [0.05, 0.1) is 43.9 Å². The van der Waals surface area contributed by atoms with Gasteiger partial charge in [0, 0.05) is 23.6 Å². The third-order valence-electron chi connectivity index (χ3n) is 5.55. The minimum atomic E-state index is -0.171. The predicted octanol–water partition coefficient (Wildman–Crippen LogP) is 2.30. The van der Waals surface area contributed by atoms with Crippen LogP contribution in [0, 0.1) is 11.3 Å². The number of carbonyl (C=O) groups is 1. The van der Waals surface area contributed by atoms with E-state index < -0.39 is 0 Å². The molecule has 1 unspecified atom stereocenters. The van der Waals surface area contributed by atoms with E-state index in [0.29, 0.717) is 29.5 Å². The number of benzene rings is 2. The van der Waals surface area contributed by atoms with Crippen molar-refractivity contribution >= 4 is 16.7 Å². The summed E-state index contributed by atoms with van der Waals surface area (Å²) in [7, 11) is 1.57. The van der Waals surface area contributed by atoms with Crippen molar-refractivity contribution in [2.45, 2.75) is 38.6 Å². The molecule has 0 aliphatic carbocycles. The van der Waals surface area contributed by atoms with Gasteiger partial charge in [-0.1, -0.05) is 37.6 Å². The molecule has 1 heterocycles. The lowest BCUT2D eigenvalue weighted by atomic mass is 9.99. The molecule has 5 heteroatoms. The molecule has 2 N–H and O–H groups in total. The van der Waals surface area contributed by atoms with Gasteiger partial charge in [-0.05, 0) is 12.5 Å². The number of carbonyl (C=O) groups excluding carboxylic acids is 1. The van der Waals surface area contributed by atoms with Gasteiger partial charge in [-0.2, -0.15) is 5.26 Å². The van der Waals surface area contributed by atoms with Gasteiger partial charge in [-0.3, -0.25) is 4.79 Å². The molecule has 1 amide bonds. The third kappa shape index (κ3) is 4.06. The molecule has 1 saturated heterocycles. The van der Waals surface area contributed by atoms with E-state index in [9.17, 15) is 10.1 Å². The number of fused-ring (bicyclic) bond motifs is 1. The fourth-order valence-electron chi connectivity index (χ4n) is 4.10. The first-order valence-corrected chi connectivity index (χ1v) is 9.82. The highest BCUT2D eigenvalue weighted by Gasteiger charge is 2.28. The maximum Gasteiger partial charge on any atom is 0.255 e. The summed E-state index contributed by atoms with van der Waals surface area (Å²) >= 11 is 0. The predicted molar refractivity (Wildman–Crippen MR) is 106 cm³/mol. The minimum absolute atomic E-state index is 0.171. The second-order valence-corrected chi connectivity index (χ2v) is 7.22. The normalized spacial score (nSPS) is 19.0. The van der Waals surface area contributed by atoms with Crippen LogP contribution in [0.5, 0.6) is 5.75 Å². The molecule has 1 aliphatic heterocycles. The van der Waals surface area contributed by atoms with Gasteiger partial charge < -0.3 is 15.0 Å². The second kappa shape index (κ2) is 8.88. The van der Waals surface area contributed by atoms with E-state index in [1.807, 2.05) is 24.3 Å². The molecule has 2 atom stereocenters. The smallest absolute Gasteiger partial charge is 0.255 e. The van der Waals surface area contributed by atoms with Crippen molar-refractivity contribution < 1.29 is 14.4 Å². The van der Waals surface area contributed by atoms with Crippen molar-refractivity contribution in [2.24, 2.45) is 0 Å². The average Bonchev–Trinajstić information content (AvgIpc) is 3.16. The largest absolute Gasteiger partial charge is 0.495 e. The van der Waals surface area contributed by atoms with E-state index in [4.69, 9.17) is 4.74 Å². The molecule has 3 rings (SSSR count). The molecular formula is C22H28N3O2+. The van der Waals surface area contributed by atoms with E-state index >= 15 is 0 Å². The molecule has 27 heavy (non-hydrogen) atoms. The van der Waals surface area contributed by atoms with Crippen LogP contribution in [0.25, 0.3) is 10.8 Å². The van der Waals surface area contributed by atoms with Gasteiger partial charge in [0.25, 0.3) is 5.91 Å². The molecular weight excluding hydrogens is 338 g/mol. The molecule has 2 aromatic carbocycles. The zero-order valence-electron chi connectivity index (χ0n) is 16.2. The lowest BCUT2D eigenvalue weighted by Crippen LogP contribution is -3.14. The number of nitrogens with one attached hydrogen (secondary N) is 2. The number of amides is 1. The summed E-state index contributed by atoms with van der Waals surface area (Å²) < 4.78 is 5.55. The molecule has 0 bridgehead atoms. The van der Waals surface area contributed by atoms with E-state index in [-0.39, 0.29) is 5.91 Å². The number of hydrogen-bond acceptors (Lipinski definition) is 3. The van der Waals surface area contributed by atoms with Crippen LogP contribution >= 0.6 is 0 Å². The average molecular weight is 366 g/mol. The number of nitrogens with zero attached hydrogens (tertiary/aromatic N) is 1. The topological polar surface area (TPSA) is 66.6 Å². The van der Waals surface area contributed by atoms with Crippen LogP contribution in [-0.4, -0.2) is 38.7 Å². The molecule has 0 saturated carbocycles. The van der Waals surface area contributed by atoms with E-state index in [1.54, 1.807) is 18.1 Å². The van der Waals surface area contributed by atoms with Gasteiger partial charge in [-0.15, -0.1) is 0 Å². The monoisotopic (exact) mass is 366 g/mol. The number of ether oxygens (including phenoxy) is 1. The van der Waals surface area contributed by atoms with Gasteiger partial charge in [0.1, 0.15) is 11.8 Å². The molecule has 1 aliphatic rings. The first-order valence-electron chi connectivity index (χ1n) is 9.82. The SMILES string of the molecule is CCCC[NH+]1CCC[C@H]1CNC(=O)c1cc(C#N)c2ccccc2c1OC. The quantitative estimate of drug-likeness (QED) is 0.790. The Morgan fingerprint density at radius 1 is 1.37 bits per heavy atom. The van der Waals surface area contributed by atoms with Gasteiger partial charge in [0.15, 0.2) is 0 Å². The summed E-state index contributed by atoms with van der Waals surface area (Å²) in [5.74, 6) is 0.361. The van der Waals surface area contributed by atoms with Crippen LogP contribution in [0.4, 0.5) is 0 Å². The number of likely N-dealkylation sites (tertiary alicyclic amines) is 1. The van der Waals surface area contributed by atoms with Crippen molar-refractivity contribution in [2.75, 3.05) is 26.7 Å². The number of unbranched alkanes of at least 4 members (excludes halogenated alkanes) is 1. The van der Waals surface area contributed by atoms with Gasteiger partial charge in [0.2, 0.25) is 0 Å². The standard InChI is InChI=1S/C22H27N3O2/c1-3-4-11-25-12-7-8-17(25)15-24-22(26)20-13-16(14-23)18-9-5-6-10-19(18)21(20)27-2/h5-6,9-10,13,17H,3-4,7-8,11-12,15H2,1-2H3,(H,24,26)/p+1/t17-/m0/s1. The number of methoxy groups -OCH3 is 1. The Morgan fingerprint density at radius 3 is 2.85 bits per heavy atom. The van der Waals surface area contributed by atoms with Gasteiger partial charge in [-0.25, -0.2) is 0 Å². The molecule has 2 aromatic rings. The van der Waals surface area contributed by atoms with Crippen molar-refractivity contribution in [3.05, 3.63) is 41.5 Å². The van der Waals surface area contributed by atoms with Crippen LogP contribution in [0.3, 0.4) is 0 Å². The highest BCUT2D eigenvalue weighted by Crippen LogP contribution is 2.32. The highest BCUT2D eigenvalue weighted by atomic mass is 16.5. The molecule has 0 aromatic heterocycles. The fraction of sp³-hybridized carbons (Fsp3) is 0.455. The molecule has 0 radical (unpaired) electrons. The Kier molecular flexibility index (Phi) is 6.31. The van der Waals surface area contributed by atoms with Gasteiger partial charge >= 0.3 is 0 Å². The van der Waals surface area contributed by atoms with Crippen LogP contribution in [0.1, 0.15) is 48.5 Å². The summed E-state index contributed by atoms with van der Waals surface area (Å²) in [4.78, 5) is 14.5. The summed E-state index contributed by atoms with van der Waals surface area (Å²) in [6.45, 7) is 5.24. The van der Waals surface area contributed by atoms with Crippen LogP contribution < -0.4 is 15.0 Å². The number of rotatable bonds is 7. The van der Waals surface area contributed by atoms with Crippen molar-refractivity contribution in [3.63, 3.8) is 0 Å². The van der Waals surface area contributed by atoms with Crippen LogP contribution in [0.15, 0.2) is 30.3 Å². The Morgan fingerprint density at radius 2 is 2.15 bits per heavy atom. The zero-order chi connectivity index (χ0) is 19.2. The summed E-state index contributed by atoms with van der Waals surface area (Å²) in [6, 6.07) is 11.9. The lowest BCUT2D eigenvalue weighted by Gasteiger charge is -2.22. The Balaban J connectivity index is 1.80. The molecule has 1 fully saturated rings. The zero-order valence-corrected chi connectivity index (χ0v) is 16.2. The third-order valence-corrected chi connectivity index (χ3v) is 5.55. The number of quaternary nitrogens is 1. The van der Waals surface area contributed by atoms with E-state index in [1.165, 1.54) is 32.4 Å². The van der Waals surface area contributed by atoms with Crippen molar-refractivity contribution in [3.8, 4) is 11.8 Å². The highest BCUT2D eigenvalue weighted by molar-refractivity contribution is 6.05. The summed E-state index contributed by atoms with van der Waals surface area (Å²) in [5.41, 5.74) is 0.925. The maximum absolute atomic E-state index is 12.9. The molecule has 0 spiro atoms. The van der Waals surface area contributed by atoms with E-state index in [2.05, 4.69) is 18.3 Å². The Bertz CT molecular complexity index is 856. The number of hydrogen-bond donors (Lipinski definition) is 2. The Hall–Kier alpha value is -2.58. The minimum Gasteiger partial charge on any atom is -0.495 e.